The summed E-state index contributed by atoms with van der Waals surface area (Å²) in [6.45, 7) is 0.320. The Morgan fingerprint density at radius 3 is 2.47 bits per heavy atom. The SMILES string of the molecule is O=C(C1CCCCC1C(F)(F)F)N1CCC[C@H]1CO. The van der Waals surface area contributed by atoms with Gasteiger partial charge in [0.1, 0.15) is 0 Å². The highest BCUT2D eigenvalue weighted by Gasteiger charge is 2.49. The zero-order chi connectivity index (χ0) is 14.0. The van der Waals surface area contributed by atoms with E-state index in [0.717, 1.165) is 6.42 Å². The number of nitrogens with zero attached hydrogens (tertiary/aromatic N) is 1. The van der Waals surface area contributed by atoms with Gasteiger partial charge < -0.3 is 10.0 Å². The first-order valence-corrected chi connectivity index (χ1v) is 6.93. The molecule has 2 fully saturated rings. The van der Waals surface area contributed by atoms with Gasteiger partial charge in [-0.05, 0) is 25.7 Å². The molecule has 0 aromatic heterocycles. The van der Waals surface area contributed by atoms with E-state index in [0.29, 0.717) is 32.2 Å². The first kappa shape index (κ1) is 14.6. The van der Waals surface area contributed by atoms with Gasteiger partial charge in [0.25, 0.3) is 0 Å². The number of carbonyl (C=O) groups is 1. The van der Waals surface area contributed by atoms with Crippen LogP contribution in [-0.4, -0.2) is 41.3 Å². The van der Waals surface area contributed by atoms with Gasteiger partial charge in [-0.2, -0.15) is 13.2 Å². The molecule has 0 spiro atoms. The van der Waals surface area contributed by atoms with Gasteiger partial charge in [-0.15, -0.1) is 0 Å². The molecule has 1 amide bonds. The highest BCUT2D eigenvalue weighted by molar-refractivity contribution is 5.80. The molecule has 6 heteroatoms. The monoisotopic (exact) mass is 279 g/mol. The quantitative estimate of drug-likeness (QED) is 0.843. The molecular weight excluding hydrogens is 259 g/mol. The van der Waals surface area contributed by atoms with Gasteiger partial charge in [0, 0.05) is 12.5 Å². The average Bonchev–Trinajstić information content (AvgIpc) is 2.85. The Balaban J connectivity index is 2.11. The van der Waals surface area contributed by atoms with Crippen LogP contribution in [0.2, 0.25) is 0 Å². The van der Waals surface area contributed by atoms with Gasteiger partial charge >= 0.3 is 6.18 Å². The summed E-state index contributed by atoms with van der Waals surface area (Å²) >= 11 is 0. The van der Waals surface area contributed by atoms with Crippen LogP contribution in [0.1, 0.15) is 38.5 Å². The minimum absolute atomic E-state index is 0.0531. The number of alkyl halides is 3. The van der Waals surface area contributed by atoms with Crippen molar-refractivity contribution in [1.29, 1.82) is 0 Å². The van der Waals surface area contributed by atoms with Gasteiger partial charge in [0.2, 0.25) is 5.91 Å². The lowest BCUT2D eigenvalue weighted by atomic mass is 9.78. The van der Waals surface area contributed by atoms with Crippen LogP contribution in [0.25, 0.3) is 0 Å². The Kier molecular flexibility index (Phi) is 4.38. The largest absolute Gasteiger partial charge is 0.394 e. The average molecular weight is 279 g/mol. The Morgan fingerprint density at radius 1 is 1.16 bits per heavy atom. The number of hydrogen-bond acceptors (Lipinski definition) is 2. The maximum absolute atomic E-state index is 13.0. The third-order valence-electron chi connectivity index (χ3n) is 4.37. The lowest BCUT2D eigenvalue weighted by Crippen LogP contribution is -2.47. The summed E-state index contributed by atoms with van der Waals surface area (Å²) in [7, 11) is 0. The summed E-state index contributed by atoms with van der Waals surface area (Å²) in [6, 6.07) is -0.289. The lowest BCUT2D eigenvalue weighted by Gasteiger charge is -2.36. The van der Waals surface area contributed by atoms with E-state index in [9.17, 15) is 23.1 Å². The fourth-order valence-corrected chi connectivity index (χ4v) is 3.35. The van der Waals surface area contributed by atoms with Crippen molar-refractivity contribution in [2.45, 2.75) is 50.7 Å². The fourth-order valence-electron chi connectivity index (χ4n) is 3.35. The Labute approximate surface area is 110 Å². The predicted molar refractivity (Wildman–Crippen MR) is 63.3 cm³/mol. The van der Waals surface area contributed by atoms with Crippen molar-refractivity contribution in [2.24, 2.45) is 11.8 Å². The van der Waals surface area contributed by atoms with Crippen molar-refractivity contribution < 1.29 is 23.1 Å². The van der Waals surface area contributed by atoms with Crippen molar-refractivity contribution >= 4 is 5.91 Å². The molecule has 1 saturated carbocycles. The second-order valence-electron chi connectivity index (χ2n) is 5.55. The van der Waals surface area contributed by atoms with E-state index in [1.165, 1.54) is 4.90 Å². The number of carbonyl (C=O) groups excluding carboxylic acids is 1. The first-order valence-electron chi connectivity index (χ1n) is 6.93. The molecule has 1 aliphatic heterocycles. The summed E-state index contributed by atoms with van der Waals surface area (Å²) in [5.74, 6) is -2.85. The van der Waals surface area contributed by atoms with Crippen molar-refractivity contribution in [2.75, 3.05) is 13.2 Å². The number of amides is 1. The molecule has 0 aromatic carbocycles. The Bertz CT molecular complexity index is 332. The number of rotatable bonds is 2. The van der Waals surface area contributed by atoms with Gasteiger partial charge in [0.05, 0.1) is 18.6 Å². The number of hydrogen-bond donors (Lipinski definition) is 1. The number of aliphatic hydroxyl groups excluding tert-OH is 1. The molecule has 0 radical (unpaired) electrons. The first-order chi connectivity index (χ1) is 8.95. The zero-order valence-electron chi connectivity index (χ0n) is 10.8. The van der Waals surface area contributed by atoms with E-state index < -0.39 is 23.9 Å². The van der Waals surface area contributed by atoms with Crippen LogP contribution in [0.3, 0.4) is 0 Å². The summed E-state index contributed by atoms with van der Waals surface area (Å²) in [5.41, 5.74) is 0. The molecule has 2 rings (SSSR count). The van der Waals surface area contributed by atoms with E-state index >= 15 is 0 Å². The maximum atomic E-state index is 13.0. The number of likely N-dealkylation sites (tertiary alicyclic amines) is 1. The van der Waals surface area contributed by atoms with Crippen LogP contribution in [0.4, 0.5) is 13.2 Å². The van der Waals surface area contributed by atoms with Crippen molar-refractivity contribution in [3.8, 4) is 0 Å². The Hall–Kier alpha value is -0.780. The lowest BCUT2D eigenvalue weighted by molar-refractivity contribution is -0.201. The molecule has 2 aliphatic rings. The second kappa shape index (κ2) is 5.69. The molecule has 1 heterocycles. The maximum Gasteiger partial charge on any atom is 0.392 e. The van der Waals surface area contributed by atoms with Crippen LogP contribution in [0, 0.1) is 11.8 Å². The summed E-state index contributed by atoms with van der Waals surface area (Å²) < 4.78 is 39.0. The van der Waals surface area contributed by atoms with Gasteiger partial charge in [-0.1, -0.05) is 12.8 Å². The minimum Gasteiger partial charge on any atom is -0.394 e. The van der Waals surface area contributed by atoms with Crippen LogP contribution < -0.4 is 0 Å². The standard InChI is InChI=1S/C13H20F3NO2/c14-13(15,16)11-6-2-1-5-10(11)12(19)17-7-3-4-9(17)8-18/h9-11,18H,1-8H2/t9-,10?,11?/m0/s1. The smallest absolute Gasteiger partial charge is 0.392 e. The minimum atomic E-state index is -4.30. The molecule has 0 aromatic rings. The second-order valence-corrected chi connectivity index (χ2v) is 5.55. The molecular formula is C13H20F3NO2. The van der Waals surface area contributed by atoms with Gasteiger partial charge in [-0.25, -0.2) is 0 Å². The molecule has 3 atom stereocenters. The van der Waals surface area contributed by atoms with Crippen LogP contribution in [-0.2, 0) is 4.79 Å². The Morgan fingerprint density at radius 2 is 1.84 bits per heavy atom. The molecule has 0 bridgehead atoms. The highest BCUT2D eigenvalue weighted by Crippen LogP contribution is 2.42. The van der Waals surface area contributed by atoms with Crippen LogP contribution in [0.5, 0.6) is 0 Å². The number of aliphatic hydroxyl groups is 1. The summed E-state index contributed by atoms with van der Waals surface area (Å²) in [4.78, 5) is 13.8. The third kappa shape index (κ3) is 3.04. The van der Waals surface area contributed by atoms with Gasteiger partial charge in [0.15, 0.2) is 0 Å². The normalized spacial score (nSPS) is 32.6. The van der Waals surface area contributed by atoms with Gasteiger partial charge in [-0.3, -0.25) is 4.79 Å². The molecule has 3 nitrogen and oxygen atoms in total. The molecule has 19 heavy (non-hydrogen) atoms. The molecule has 1 saturated heterocycles. The van der Waals surface area contributed by atoms with E-state index in [1.54, 1.807) is 0 Å². The van der Waals surface area contributed by atoms with Crippen molar-refractivity contribution in [3.05, 3.63) is 0 Å². The molecule has 1 N–H and O–H groups in total. The fraction of sp³-hybridized carbons (Fsp3) is 0.923. The zero-order valence-corrected chi connectivity index (χ0v) is 10.8. The van der Waals surface area contributed by atoms with Crippen LogP contribution >= 0.6 is 0 Å². The highest BCUT2D eigenvalue weighted by atomic mass is 19.4. The van der Waals surface area contributed by atoms with E-state index in [-0.39, 0.29) is 19.1 Å². The van der Waals surface area contributed by atoms with Crippen molar-refractivity contribution in [1.82, 2.24) is 4.90 Å². The molecule has 110 valence electrons. The van der Waals surface area contributed by atoms with E-state index in [2.05, 4.69) is 0 Å². The molecule has 2 unspecified atom stereocenters. The van der Waals surface area contributed by atoms with E-state index in [4.69, 9.17) is 0 Å². The van der Waals surface area contributed by atoms with Crippen molar-refractivity contribution in [3.63, 3.8) is 0 Å². The predicted octanol–water partition coefficient (Wildman–Crippen LogP) is 2.34. The summed E-state index contributed by atoms with van der Waals surface area (Å²) in [5, 5.41) is 9.19. The van der Waals surface area contributed by atoms with E-state index in [1.807, 2.05) is 0 Å². The number of halogens is 3. The third-order valence-corrected chi connectivity index (χ3v) is 4.37. The molecule has 1 aliphatic carbocycles. The summed E-state index contributed by atoms with van der Waals surface area (Å²) in [6.07, 6.45) is -1.26. The topological polar surface area (TPSA) is 40.5 Å². The van der Waals surface area contributed by atoms with Crippen LogP contribution in [0.15, 0.2) is 0 Å².